The monoisotopic (exact) mass is 915 g/mol. The van der Waals surface area contributed by atoms with Gasteiger partial charge in [-0.2, -0.15) is 0 Å². The summed E-state index contributed by atoms with van der Waals surface area (Å²) in [4.78, 5) is 1.15. The Balaban J connectivity index is 1.95. The SMILES string of the molecule is OCC(O)C(CN(CC(O)C(O)COC1OC(CO)C(O)C(O)C1O)CC(O)(CO)C(OC1OC(CO)C(O)C(O)C1O)C(O)CO)c1ccc(O)c(I)c1. The first-order chi connectivity index (χ1) is 25.9. The number of aliphatic hydroxyl groups excluding tert-OH is 15. The van der Waals surface area contributed by atoms with Crippen LogP contribution in [0.4, 0.5) is 0 Å². The van der Waals surface area contributed by atoms with Crippen LogP contribution in [-0.4, -0.2) is 249 Å². The highest BCUT2D eigenvalue weighted by Gasteiger charge is 2.50. The summed E-state index contributed by atoms with van der Waals surface area (Å²) in [6.07, 6.45) is -27.1. The van der Waals surface area contributed by atoms with Crippen LogP contribution in [0.2, 0.25) is 0 Å². The lowest BCUT2D eigenvalue weighted by Crippen LogP contribution is -2.65. The largest absolute Gasteiger partial charge is 0.507 e. The summed E-state index contributed by atoms with van der Waals surface area (Å²) in [7, 11) is 0. The lowest BCUT2D eigenvalue weighted by Gasteiger charge is -2.46. The van der Waals surface area contributed by atoms with Crippen LogP contribution in [-0.2, 0) is 18.9 Å². The zero-order valence-electron chi connectivity index (χ0n) is 29.4. The van der Waals surface area contributed by atoms with E-state index < -0.39 is 163 Å². The molecular formula is C32H54INO21. The van der Waals surface area contributed by atoms with Gasteiger partial charge in [0.25, 0.3) is 0 Å². The number of aromatic hydroxyl groups is 1. The molecule has 17 unspecified atom stereocenters. The molecule has 0 amide bonds. The molecule has 2 fully saturated rings. The fraction of sp³-hybridized carbons (Fsp3) is 0.812. The molecule has 0 radical (unpaired) electrons. The Morgan fingerprint density at radius 1 is 0.709 bits per heavy atom. The molecule has 2 aliphatic heterocycles. The van der Waals surface area contributed by atoms with Crippen molar-refractivity contribution >= 4 is 22.6 Å². The van der Waals surface area contributed by atoms with Crippen LogP contribution < -0.4 is 0 Å². The predicted octanol–water partition coefficient (Wildman–Crippen LogP) is -8.46. The maximum Gasteiger partial charge on any atom is 0.187 e. The number of rotatable bonds is 21. The van der Waals surface area contributed by atoms with Crippen LogP contribution in [0.15, 0.2) is 18.2 Å². The van der Waals surface area contributed by atoms with Gasteiger partial charge in [0.2, 0.25) is 0 Å². The molecule has 0 saturated carbocycles. The quantitative estimate of drug-likeness (QED) is 0.0509. The number of phenols is 1. The molecule has 0 spiro atoms. The molecule has 17 atom stereocenters. The van der Waals surface area contributed by atoms with Crippen molar-refractivity contribution in [3.63, 3.8) is 0 Å². The molecule has 0 aromatic heterocycles. The molecule has 22 nitrogen and oxygen atoms in total. The van der Waals surface area contributed by atoms with Crippen molar-refractivity contribution in [3.05, 3.63) is 27.3 Å². The van der Waals surface area contributed by atoms with E-state index in [2.05, 4.69) is 0 Å². The Morgan fingerprint density at radius 2 is 1.25 bits per heavy atom. The molecule has 1 aromatic carbocycles. The van der Waals surface area contributed by atoms with Gasteiger partial charge in [-0.1, -0.05) is 6.07 Å². The normalized spacial score (nSPS) is 33.4. The summed E-state index contributed by atoms with van der Waals surface area (Å²) < 4.78 is 21.8. The molecule has 0 aliphatic carbocycles. The van der Waals surface area contributed by atoms with Crippen LogP contribution in [0.5, 0.6) is 5.75 Å². The Labute approximate surface area is 328 Å². The lowest BCUT2D eigenvalue weighted by molar-refractivity contribution is -0.335. The molecular weight excluding hydrogens is 861 g/mol. The van der Waals surface area contributed by atoms with E-state index in [1.807, 2.05) is 22.6 Å². The highest BCUT2D eigenvalue weighted by atomic mass is 127. The van der Waals surface area contributed by atoms with Crippen molar-refractivity contribution in [2.45, 2.75) is 103 Å². The molecule has 0 bridgehead atoms. The molecule has 320 valence electrons. The number of phenolic OH excluding ortho intramolecular Hbond substituents is 1. The summed E-state index contributed by atoms with van der Waals surface area (Å²) in [6, 6.07) is 4.19. The minimum Gasteiger partial charge on any atom is -0.507 e. The van der Waals surface area contributed by atoms with Gasteiger partial charge in [0, 0.05) is 25.6 Å². The van der Waals surface area contributed by atoms with Crippen molar-refractivity contribution in [1.82, 2.24) is 4.90 Å². The van der Waals surface area contributed by atoms with Crippen molar-refractivity contribution in [2.75, 3.05) is 59.3 Å². The van der Waals surface area contributed by atoms with Gasteiger partial charge < -0.3 is 106 Å². The summed E-state index contributed by atoms with van der Waals surface area (Å²) in [5, 5.41) is 177. The topological polar surface area (TPSA) is 384 Å². The first kappa shape index (κ1) is 48.3. The van der Waals surface area contributed by atoms with Crippen molar-refractivity contribution in [3.8, 4) is 5.75 Å². The molecule has 2 heterocycles. The third-order valence-corrected chi connectivity index (χ3v) is 10.5. The van der Waals surface area contributed by atoms with Crippen LogP contribution in [0, 0.1) is 3.57 Å². The third-order valence-electron chi connectivity index (χ3n) is 9.64. The average Bonchev–Trinajstić information content (AvgIpc) is 3.17. The Bertz CT molecular complexity index is 1290. The minimum absolute atomic E-state index is 0.114. The maximum absolute atomic E-state index is 11.9. The number of halogens is 1. The number of hydrogen-bond donors (Lipinski definition) is 17. The predicted molar refractivity (Wildman–Crippen MR) is 189 cm³/mol. The Morgan fingerprint density at radius 3 is 1.76 bits per heavy atom. The van der Waals surface area contributed by atoms with Gasteiger partial charge in [0.05, 0.1) is 55.4 Å². The highest BCUT2D eigenvalue weighted by Crippen LogP contribution is 2.31. The van der Waals surface area contributed by atoms with Crippen LogP contribution in [0.3, 0.4) is 0 Å². The van der Waals surface area contributed by atoms with E-state index in [-0.39, 0.29) is 5.75 Å². The molecule has 17 N–H and O–H groups in total. The zero-order valence-corrected chi connectivity index (χ0v) is 31.6. The van der Waals surface area contributed by atoms with Crippen LogP contribution in [0.25, 0.3) is 0 Å². The number of nitrogens with zero attached hydrogens (tertiary/aromatic N) is 1. The molecule has 1 aromatic rings. The smallest absolute Gasteiger partial charge is 0.187 e. The van der Waals surface area contributed by atoms with E-state index in [1.165, 1.54) is 18.2 Å². The number of hydrogen-bond acceptors (Lipinski definition) is 22. The molecule has 2 aliphatic rings. The molecule has 2 saturated heterocycles. The van der Waals surface area contributed by atoms with E-state index in [0.717, 1.165) is 4.90 Å². The van der Waals surface area contributed by atoms with E-state index in [0.29, 0.717) is 9.13 Å². The van der Waals surface area contributed by atoms with Gasteiger partial charge in [-0.25, -0.2) is 0 Å². The van der Waals surface area contributed by atoms with Gasteiger partial charge in [0.1, 0.15) is 78.5 Å². The summed E-state index contributed by atoms with van der Waals surface area (Å²) in [5.74, 6) is -1.21. The van der Waals surface area contributed by atoms with Crippen molar-refractivity contribution < 1.29 is 106 Å². The first-order valence-corrected chi connectivity index (χ1v) is 18.3. The third kappa shape index (κ3) is 12.0. The number of ether oxygens (including phenoxy) is 4. The summed E-state index contributed by atoms with van der Waals surface area (Å²) >= 11 is 1.81. The number of benzene rings is 1. The lowest BCUT2D eigenvalue weighted by atomic mass is 9.89. The summed E-state index contributed by atoms with van der Waals surface area (Å²) in [5.41, 5.74) is -2.39. The van der Waals surface area contributed by atoms with Gasteiger partial charge in [0.15, 0.2) is 12.6 Å². The number of aliphatic hydroxyl groups is 16. The second kappa shape index (κ2) is 21.8. The van der Waals surface area contributed by atoms with Gasteiger partial charge >= 0.3 is 0 Å². The van der Waals surface area contributed by atoms with Gasteiger partial charge in [-0.15, -0.1) is 0 Å². The Hall–Kier alpha value is -1.09. The van der Waals surface area contributed by atoms with E-state index in [1.54, 1.807) is 0 Å². The maximum atomic E-state index is 11.9. The van der Waals surface area contributed by atoms with E-state index in [9.17, 15) is 86.8 Å². The fourth-order valence-corrected chi connectivity index (χ4v) is 6.86. The second-order valence-corrected chi connectivity index (χ2v) is 14.9. The molecule has 55 heavy (non-hydrogen) atoms. The van der Waals surface area contributed by atoms with E-state index >= 15 is 0 Å². The standard InChI is InChI=1S/C32H54INO21/c33-15-3-13(1-2-16(15)40)14(18(42)6-35)4-34(5-17(41)20(44)10-52-30-27(49)25(47)23(45)21(8-37)53-30)11-32(51,12-39)29(19(43)7-36)55-31-28(50)26(48)24(46)22(9-38)54-31/h1-3,14,17-31,35-51H,4-12H2. The van der Waals surface area contributed by atoms with Crippen LogP contribution in [0.1, 0.15) is 11.5 Å². The molecule has 23 heteroatoms. The second-order valence-electron chi connectivity index (χ2n) is 13.7. The fourth-order valence-electron chi connectivity index (χ4n) is 6.32. The van der Waals surface area contributed by atoms with Gasteiger partial charge in [-0.3, -0.25) is 4.90 Å². The molecule has 3 rings (SSSR count). The van der Waals surface area contributed by atoms with Crippen molar-refractivity contribution in [1.29, 1.82) is 0 Å². The average molecular weight is 916 g/mol. The van der Waals surface area contributed by atoms with Gasteiger partial charge in [-0.05, 0) is 40.3 Å². The minimum atomic E-state index is -2.71. The Kier molecular flexibility index (Phi) is 19.1. The zero-order chi connectivity index (χ0) is 41.4. The highest BCUT2D eigenvalue weighted by molar-refractivity contribution is 14.1. The van der Waals surface area contributed by atoms with Crippen LogP contribution >= 0.6 is 22.6 Å². The van der Waals surface area contributed by atoms with Crippen molar-refractivity contribution in [2.24, 2.45) is 0 Å². The first-order valence-electron chi connectivity index (χ1n) is 17.2. The summed E-state index contributed by atoms with van der Waals surface area (Å²) in [6.45, 7) is -7.63. The van der Waals surface area contributed by atoms with E-state index in [4.69, 9.17) is 18.9 Å².